The van der Waals surface area contributed by atoms with Gasteiger partial charge in [-0.05, 0) is 6.42 Å². The van der Waals surface area contributed by atoms with Crippen LogP contribution in [0.1, 0.15) is 18.1 Å². The van der Waals surface area contributed by atoms with Crippen LogP contribution in [0.3, 0.4) is 0 Å². The van der Waals surface area contributed by atoms with Crippen LogP contribution in [0, 0.1) is 0 Å². The number of nitrogens with one attached hydrogen (secondary N) is 1. The molecule has 0 saturated heterocycles. The Kier molecular flexibility index (Phi) is 3.99. The van der Waals surface area contributed by atoms with E-state index in [9.17, 15) is 0 Å². The minimum Gasteiger partial charge on any atom is -0.373 e. The summed E-state index contributed by atoms with van der Waals surface area (Å²) in [7, 11) is 5.84. The summed E-state index contributed by atoms with van der Waals surface area (Å²) in [6.45, 7) is 2.89. The third kappa shape index (κ3) is 2.83. The van der Waals surface area contributed by atoms with Crippen LogP contribution in [0.4, 0.5) is 11.6 Å². The van der Waals surface area contributed by atoms with Crippen molar-refractivity contribution < 1.29 is 0 Å². The molecule has 102 valence electrons. The first kappa shape index (κ1) is 13.3. The quantitative estimate of drug-likeness (QED) is 0.881. The second-order valence-electron chi connectivity index (χ2n) is 4.51. The Hall–Kier alpha value is -2.11. The topological polar surface area (TPSA) is 58.9 Å². The van der Waals surface area contributed by atoms with E-state index in [4.69, 9.17) is 0 Å². The number of hydrogen-bond acceptors (Lipinski definition) is 5. The summed E-state index contributed by atoms with van der Waals surface area (Å²) >= 11 is 0. The van der Waals surface area contributed by atoms with Crippen molar-refractivity contribution in [2.75, 3.05) is 24.3 Å². The summed E-state index contributed by atoms with van der Waals surface area (Å²) in [5.41, 5.74) is 2.30. The van der Waals surface area contributed by atoms with E-state index in [2.05, 4.69) is 32.2 Å². The first-order valence-electron chi connectivity index (χ1n) is 6.36. The van der Waals surface area contributed by atoms with Crippen molar-refractivity contribution in [2.45, 2.75) is 19.9 Å². The number of hydrogen-bond donors (Lipinski definition) is 1. The van der Waals surface area contributed by atoms with E-state index in [1.54, 1.807) is 6.33 Å². The molecule has 0 aromatic carbocycles. The maximum absolute atomic E-state index is 4.41. The molecular formula is C13H20N6. The first-order valence-corrected chi connectivity index (χ1v) is 6.36. The molecule has 2 aromatic heterocycles. The van der Waals surface area contributed by atoms with Gasteiger partial charge < -0.3 is 10.2 Å². The minimum atomic E-state index is 0.779. The second kappa shape index (κ2) is 5.69. The third-order valence-corrected chi connectivity index (χ3v) is 3.05. The molecule has 6 heteroatoms. The van der Waals surface area contributed by atoms with Crippen molar-refractivity contribution in [2.24, 2.45) is 7.05 Å². The van der Waals surface area contributed by atoms with Crippen molar-refractivity contribution in [1.29, 1.82) is 0 Å². The highest BCUT2D eigenvalue weighted by atomic mass is 15.2. The average molecular weight is 260 g/mol. The van der Waals surface area contributed by atoms with Crippen LogP contribution in [-0.2, 0) is 20.0 Å². The fourth-order valence-electron chi connectivity index (χ4n) is 2.18. The van der Waals surface area contributed by atoms with Gasteiger partial charge in [-0.15, -0.1) is 0 Å². The van der Waals surface area contributed by atoms with Crippen LogP contribution in [0.2, 0.25) is 0 Å². The number of rotatable bonds is 5. The van der Waals surface area contributed by atoms with E-state index in [0.717, 1.165) is 35.7 Å². The van der Waals surface area contributed by atoms with Gasteiger partial charge in [0, 0.05) is 45.0 Å². The lowest BCUT2D eigenvalue weighted by Crippen LogP contribution is -2.20. The van der Waals surface area contributed by atoms with Crippen LogP contribution < -0.4 is 10.2 Å². The van der Waals surface area contributed by atoms with Crippen molar-refractivity contribution >= 4 is 11.6 Å². The van der Waals surface area contributed by atoms with Crippen molar-refractivity contribution in [3.8, 4) is 0 Å². The van der Waals surface area contributed by atoms with Gasteiger partial charge in [0.15, 0.2) is 0 Å². The molecule has 0 amide bonds. The van der Waals surface area contributed by atoms with E-state index in [-0.39, 0.29) is 0 Å². The lowest BCUT2D eigenvalue weighted by atomic mass is 10.2. The number of nitrogens with zero attached hydrogens (tertiary/aromatic N) is 5. The molecule has 1 N–H and O–H groups in total. The molecule has 2 heterocycles. The molecule has 0 fully saturated rings. The molecule has 0 spiro atoms. The van der Waals surface area contributed by atoms with Gasteiger partial charge in [-0.3, -0.25) is 4.68 Å². The van der Waals surface area contributed by atoms with Crippen LogP contribution in [0.5, 0.6) is 0 Å². The highest BCUT2D eigenvalue weighted by molar-refractivity contribution is 5.58. The zero-order valence-corrected chi connectivity index (χ0v) is 11.9. The monoisotopic (exact) mass is 260 g/mol. The summed E-state index contributed by atoms with van der Waals surface area (Å²) in [6.07, 6.45) is 6.38. The summed E-state index contributed by atoms with van der Waals surface area (Å²) in [5, 5.41) is 7.30. The molecule has 0 saturated carbocycles. The van der Waals surface area contributed by atoms with Crippen LogP contribution in [0.25, 0.3) is 0 Å². The molecule has 0 aliphatic rings. The van der Waals surface area contributed by atoms with Gasteiger partial charge in [0.1, 0.15) is 18.0 Å². The number of anilines is 2. The van der Waals surface area contributed by atoms with Gasteiger partial charge in [-0.1, -0.05) is 6.92 Å². The molecule has 6 nitrogen and oxygen atoms in total. The normalized spacial score (nSPS) is 10.5. The fourth-order valence-corrected chi connectivity index (χ4v) is 2.18. The Labute approximate surface area is 113 Å². The zero-order chi connectivity index (χ0) is 13.8. The molecule has 0 atom stereocenters. The molecule has 0 bridgehead atoms. The molecule has 0 radical (unpaired) electrons. The van der Waals surface area contributed by atoms with Crippen LogP contribution >= 0.6 is 0 Å². The van der Waals surface area contributed by atoms with E-state index >= 15 is 0 Å². The van der Waals surface area contributed by atoms with Crippen molar-refractivity contribution in [3.63, 3.8) is 0 Å². The molecule has 0 aliphatic heterocycles. The van der Waals surface area contributed by atoms with E-state index in [1.807, 2.05) is 38.2 Å². The minimum absolute atomic E-state index is 0.779. The van der Waals surface area contributed by atoms with Gasteiger partial charge >= 0.3 is 0 Å². The third-order valence-electron chi connectivity index (χ3n) is 3.05. The maximum Gasteiger partial charge on any atom is 0.137 e. The Morgan fingerprint density at radius 1 is 1.37 bits per heavy atom. The second-order valence-corrected chi connectivity index (χ2v) is 4.51. The van der Waals surface area contributed by atoms with Gasteiger partial charge in [-0.25, -0.2) is 9.97 Å². The SMILES string of the molecule is CCc1c(NC)ncnc1N(C)Cc1cnn(C)c1. The summed E-state index contributed by atoms with van der Waals surface area (Å²) in [6, 6.07) is 0. The Balaban J connectivity index is 2.25. The molecule has 0 aliphatic carbocycles. The summed E-state index contributed by atoms with van der Waals surface area (Å²) < 4.78 is 1.81. The lowest BCUT2D eigenvalue weighted by Gasteiger charge is -2.21. The predicted molar refractivity (Wildman–Crippen MR) is 76.3 cm³/mol. The Bertz CT molecular complexity index is 548. The Morgan fingerprint density at radius 2 is 2.16 bits per heavy atom. The summed E-state index contributed by atoms with van der Waals surface area (Å²) in [4.78, 5) is 10.8. The lowest BCUT2D eigenvalue weighted by molar-refractivity contribution is 0.766. The van der Waals surface area contributed by atoms with Crippen molar-refractivity contribution in [3.05, 3.63) is 29.8 Å². The maximum atomic E-state index is 4.41. The molecule has 19 heavy (non-hydrogen) atoms. The molecular weight excluding hydrogens is 240 g/mol. The smallest absolute Gasteiger partial charge is 0.137 e. The van der Waals surface area contributed by atoms with Gasteiger partial charge in [-0.2, -0.15) is 5.10 Å². The summed E-state index contributed by atoms with van der Waals surface area (Å²) in [5.74, 6) is 1.86. The zero-order valence-electron chi connectivity index (χ0n) is 11.9. The van der Waals surface area contributed by atoms with Gasteiger partial charge in [0.05, 0.1) is 6.20 Å². The fraction of sp³-hybridized carbons (Fsp3) is 0.462. The first-order chi connectivity index (χ1) is 9.15. The van der Waals surface area contributed by atoms with E-state index in [0.29, 0.717) is 0 Å². The predicted octanol–water partition coefficient (Wildman–Crippen LogP) is 1.45. The van der Waals surface area contributed by atoms with E-state index < -0.39 is 0 Å². The van der Waals surface area contributed by atoms with E-state index in [1.165, 1.54) is 0 Å². The average Bonchev–Trinajstić information content (AvgIpc) is 2.82. The number of aryl methyl sites for hydroxylation is 1. The van der Waals surface area contributed by atoms with Gasteiger partial charge in [0.2, 0.25) is 0 Å². The van der Waals surface area contributed by atoms with Crippen LogP contribution in [-0.4, -0.2) is 33.8 Å². The highest BCUT2D eigenvalue weighted by Crippen LogP contribution is 2.23. The largest absolute Gasteiger partial charge is 0.373 e. The molecule has 2 rings (SSSR count). The number of aromatic nitrogens is 4. The standard InChI is InChI=1S/C13H20N6/c1-5-11-12(14-2)15-9-16-13(11)18(3)7-10-6-17-19(4)8-10/h6,8-9H,5,7H2,1-4H3,(H,14,15,16). The Morgan fingerprint density at radius 3 is 2.74 bits per heavy atom. The van der Waals surface area contributed by atoms with Crippen molar-refractivity contribution in [1.82, 2.24) is 19.7 Å². The molecule has 2 aromatic rings. The van der Waals surface area contributed by atoms with Crippen LogP contribution in [0.15, 0.2) is 18.7 Å². The highest BCUT2D eigenvalue weighted by Gasteiger charge is 2.13. The van der Waals surface area contributed by atoms with Gasteiger partial charge in [0.25, 0.3) is 0 Å². The molecule has 0 unspecified atom stereocenters.